The molecule has 5 nitrogen and oxygen atoms in total. The molecule has 1 aromatic rings. The molecule has 0 aliphatic carbocycles. The Hall–Kier alpha value is -2.06. The smallest absolute Gasteiger partial charge is 0.238 e. The number of benzene rings is 1. The summed E-state index contributed by atoms with van der Waals surface area (Å²) in [5, 5.41) is 11.7. The van der Waals surface area contributed by atoms with Crippen LogP contribution in [0, 0.1) is 17.2 Å². The molecular weight excluding hydrogens is 254 g/mol. The molecule has 0 spiro atoms. The molecule has 1 aromatic carbocycles. The van der Waals surface area contributed by atoms with E-state index < -0.39 is 0 Å². The van der Waals surface area contributed by atoms with E-state index in [1.807, 2.05) is 30.9 Å². The van der Waals surface area contributed by atoms with E-state index in [1.54, 1.807) is 19.2 Å². The van der Waals surface area contributed by atoms with Crippen molar-refractivity contribution in [1.82, 2.24) is 4.90 Å². The largest absolute Gasteiger partial charge is 0.495 e. The Morgan fingerprint density at radius 2 is 2.20 bits per heavy atom. The predicted molar refractivity (Wildman–Crippen MR) is 78.5 cm³/mol. The summed E-state index contributed by atoms with van der Waals surface area (Å²) in [7, 11) is 1.57. The molecule has 1 rings (SSSR count). The number of ether oxygens (including phenoxy) is 1. The standard InChI is InChI=1S/C15H21N3O2/c1-4-18(10-12(2)9-16)11-15(19)17-13-7-5-6-8-14(13)20-3/h5-8,12H,4,10-11H2,1-3H3,(H,17,19)/t12-/m1/s1. The van der Waals surface area contributed by atoms with Crippen molar-refractivity contribution in [2.75, 3.05) is 32.1 Å². The molecule has 0 aliphatic rings. The maximum absolute atomic E-state index is 12.0. The molecule has 0 heterocycles. The Labute approximate surface area is 120 Å². The van der Waals surface area contributed by atoms with E-state index in [1.165, 1.54) is 0 Å². The molecule has 0 radical (unpaired) electrons. The summed E-state index contributed by atoms with van der Waals surface area (Å²) in [6.45, 7) is 5.40. The van der Waals surface area contributed by atoms with E-state index in [0.29, 0.717) is 18.0 Å². The van der Waals surface area contributed by atoms with Crippen molar-refractivity contribution in [1.29, 1.82) is 5.26 Å². The number of anilines is 1. The second kappa shape index (κ2) is 8.18. The normalized spacial score (nSPS) is 11.8. The SMILES string of the molecule is CCN(CC(=O)Nc1ccccc1OC)C[C@H](C)C#N. The van der Waals surface area contributed by atoms with Gasteiger partial charge in [0.25, 0.3) is 0 Å². The van der Waals surface area contributed by atoms with Gasteiger partial charge in [0.05, 0.1) is 31.3 Å². The number of hydrogen-bond acceptors (Lipinski definition) is 4. The number of nitrogens with zero attached hydrogens (tertiary/aromatic N) is 2. The van der Waals surface area contributed by atoms with E-state index in [-0.39, 0.29) is 18.4 Å². The van der Waals surface area contributed by atoms with Crippen molar-refractivity contribution in [3.63, 3.8) is 0 Å². The fraction of sp³-hybridized carbons (Fsp3) is 0.467. The quantitative estimate of drug-likeness (QED) is 0.827. The Morgan fingerprint density at radius 1 is 1.50 bits per heavy atom. The molecule has 20 heavy (non-hydrogen) atoms. The number of hydrogen-bond donors (Lipinski definition) is 1. The number of rotatable bonds is 7. The van der Waals surface area contributed by atoms with Gasteiger partial charge in [-0.05, 0) is 25.6 Å². The summed E-state index contributed by atoms with van der Waals surface area (Å²) < 4.78 is 5.19. The van der Waals surface area contributed by atoms with Crippen LogP contribution in [0.2, 0.25) is 0 Å². The summed E-state index contributed by atoms with van der Waals surface area (Å²) in [6.07, 6.45) is 0. The van der Waals surface area contributed by atoms with E-state index >= 15 is 0 Å². The van der Waals surface area contributed by atoms with Crippen LogP contribution in [0.1, 0.15) is 13.8 Å². The third-order valence-corrected chi connectivity index (χ3v) is 2.95. The minimum absolute atomic E-state index is 0.0889. The molecule has 0 aliphatic heterocycles. The van der Waals surface area contributed by atoms with Gasteiger partial charge in [-0.2, -0.15) is 5.26 Å². The number of carbonyl (C=O) groups excluding carboxylic acids is 1. The molecule has 0 saturated carbocycles. The summed E-state index contributed by atoms with van der Waals surface area (Å²) >= 11 is 0. The summed E-state index contributed by atoms with van der Waals surface area (Å²) in [5.41, 5.74) is 0.657. The first-order valence-electron chi connectivity index (χ1n) is 6.65. The minimum atomic E-state index is -0.110. The molecule has 0 unspecified atom stereocenters. The monoisotopic (exact) mass is 275 g/mol. The topological polar surface area (TPSA) is 65.4 Å². The molecule has 1 amide bonds. The lowest BCUT2D eigenvalue weighted by Gasteiger charge is -2.21. The van der Waals surface area contributed by atoms with E-state index in [0.717, 1.165) is 6.54 Å². The Morgan fingerprint density at radius 3 is 2.80 bits per heavy atom. The first-order chi connectivity index (χ1) is 9.60. The van der Waals surface area contributed by atoms with Gasteiger partial charge in [0.15, 0.2) is 0 Å². The highest BCUT2D eigenvalue weighted by Crippen LogP contribution is 2.22. The molecule has 108 valence electrons. The van der Waals surface area contributed by atoms with Crippen LogP contribution in [-0.4, -0.2) is 37.6 Å². The van der Waals surface area contributed by atoms with Crippen molar-refractivity contribution < 1.29 is 9.53 Å². The van der Waals surface area contributed by atoms with Gasteiger partial charge in [0.2, 0.25) is 5.91 Å². The molecule has 0 saturated heterocycles. The second-order valence-electron chi connectivity index (χ2n) is 4.61. The first kappa shape index (κ1) is 16.0. The average molecular weight is 275 g/mol. The van der Waals surface area contributed by atoms with Crippen LogP contribution in [0.5, 0.6) is 5.75 Å². The maximum atomic E-state index is 12.0. The van der Waals surface area contributed by atoms with Gasteiger partial charge in [0.1, 0.15) is 5.75 Å². The van der Waals surface area contributed by atoms with Crippen molar-refractivity contribution in [2.24, 2.45) is 5.92 Å². The van der Waals surface area contributed by atoms with Gasteiger partial charge < -0.3 is 10.1 Å². The van der Waals surface area contributed by atoms with Crippen LogP contribution in [0.15, 0.2) is 24.3 Å². The number of nitriles is 1. The fourth-order valence-corrected chi connectivity index (χ4v) is 1.87. The number of nitrogens with one attached hydrogen (secondary N) is 1. The number of para-hydroxylation sites is 2. The summed E-state index contributed by atoms with van der Waals surface area (Å²) in [4.78, 5) is 14.0. The van der Waals surface area contributed by atoms with E-state index in [9.17, 15) is 4.79 Å². The zero-order chi connectivity index (χ0) is 15.0. The number of amides is 1. The Kier molecular flexibility index (Phi) is 6.54. The number of carbonyl (C=O) groups is 1. The molecule has 0 aromatic heterocycles. The highest BCUT2D eigenvalue weighted by molar-refractivity contribution is 5.93. The minimum Gasteiger partial charge on any atom is -0.495 e. The molecular formula is C15H21N3O2. The van der Waals surface area contributed by atoms with Crippen LogP contribution in [-0.2, 0) is 4.79 Å². The van der Waals surface area contributed by atoms with Crippen LogP contribution >= 0.6 is 0 Å². The lowest BCUT2D eigenvalue weighted by atomic mass is 10.2. The number of methoxy groups -OCH3 is 1. The van der Waals surface area contributed by atoms with Gasteiger partial charge >= 0.3 is 0 Å². The molecule has 0 fully saturated rings. The van der Waals surface area contributed by atoms with Crippen LogP contribution in [0.4, 0.5) is 5.69 Å². The first-order valence-corrected chi connectivity index (χ1v) is 6.65. The van der Waals surface area contributed by atoms with Crippen LogP contribution < -0.4 is 10.1 Å². The van der Waals surface area contributed by atoms with Crippen LogP contribution in [0.25, 0.3) is 0 Å². The van der Waals surface area contributed by atoms with E-state index in [4.69, 9.17) is 10.00 Å². The summed E-state index contributed by atoms with van der Waals surface area (Å²) in [5.74, 6) is 0.435. The highest BCUT2D eigenvalue weighted by atomic mass is 16.5. The molecule has 1 N–H and O–H groups in total. The maximum Gasteiger partial charge on any atom is 0.238 e. The zero-order valence-corrected chi connectivity index (χ0v) is 12.2. The van der Waals surface area contributed by atoms with Crippen molar-refractivity contribution in [3.8, 4) is 11.8 Å². The van der Waals surface area contributed by atoms with Gasteiger partial charge in [0, 0.05) is 6.54 Å². The Balaban J connectivity index is 2.60. The van der Waals surface area contributed by atoms with Gasteiger partial charge in [-0.15, -0.1) is 0 Å². The predicted octanol–water partition coefficient (Wildman–Crippen LogP) is 2.12. The van der Waals surface area contributed by atoms with Gasteiger partial charge in [-0.1, -0.05) is 19.1 Å². The van der Waals surface area contributed by atoms with Gasteiger partial charge in [-0.3, -0.25) is 9.69 Å². The van der Waals surface area contributed by atoms with Crippen LogP contribution in [0.3, 0.4) is 0 Å². The molecule has 0 bridgehead atoms. The van der Waals surface area contributed by atoms with Gasteiger partial charge in [-0.25, -0.2) is 0 Å². The van der Waals surface area contributed by atoms with Crippen molar-refractivity contribution in [3.05, 3.63) is 24.3 Å². The lowest BCUT2D eigenvalue weighted by molar-refractivity contribution is -0.117. The third-order valence-electron chi connectivity index (χ3n) is 2.95. The lowest BCUT2D eigenvalue weighted by Crippen LogP contribution is -2.35. The Bertz CT molecular complexity index is 482. The second-order valence-corrected chi connectivity index (χ2v) is 4.61. The molecule has 1 atom stereocenters. The van der Waals surface area contributed by atoms with Crippen molar-refractivity contribution in [2.45, 2.75) is 13.8 Å². The summed E-state index contributed by atoms with van der Waals surface area (Å²) in [6, 6.07) is 9.46. The van der Waals surface area contributed by atoms with Crippen molar-refractivity contribution >= 4 is 11.6 Å². The fourth-order valence-electron chi connectivity index (χ4n) is 1.87. The molecule has 5 heteroatoms. The zero-order valence-electron chi connectivity index (χ0n) is 12.2. The number of likely N-dealkylation sites (N-methyl/N-ethyl adjacent to an activating group) is 1. The average Bonchev–Trinajstić information content (AvgIpc) is 2.46. The highest BCUT2D eigenvalue weighted by Gasteiger charge is 2.13. The third kappa shape index (κ3) is 4.90. The van der Waals surface area contributed by atoms with E-state index in [2.05, 4.69) is 11.4 Å².